The van der Waals surface area contributed by atoms with Gasteiger partial charge in [-0.05, 0) is 52.9 Å². The number of carboxylic acid groups (broad SMARTS) is 1. The molecule has 0 bridgehead atoms. The van der Waals surface area contributed by atoms with Crippen LogP contribution in [0.15, 0.2) is 0 Å². The second-order valence-corrected chi connectivity index (χ2v) is 6.84. The molecular formula is C15H27NO5. The normalized spacial score (nSPS) is 19.5. The van der Waals surface area contributed by atoms with E-state index < -0.39 is 23.1 Å². The zero-order chi connectivity index (χ0) is 16.3. The first-order valence-corrected chi connectivity index (χ1v) is 7.34. The predicted octanol–water partition coefficient (Wildman–Crippen LogP) is 2.42. The molecule has 0 aromatic carbocycles. The van der Waals surface area contributed by atoms with Crippen LogP contribution in [0.2, 0.25) is 0 Å². The van der Waals surface area contributed by atoms with Crippen LogP contribution in [0.5, 0.6) is 0 Å². The molecule has 2 N–H and O–H groups in total. The molecule has 1 rings (SSSR count). The molecule has 1 amide bonds. The van der Waals surface area contributed by atoms with Gasteiger partial charge in [0.1, 0.15) is 5.60 Å². The fourth-order valence-electron chi connectivity index (χ4n) is 2.50. The Bertz CT molecular complexity index is 386. The molecule has 0 aromatic heterocycles. The highest BCUT2D eigenvalue weighted by Gasteiger charge is 2.52. The average molecular weight is 301 g/mol. The molecular weight excluding hydrogens is 274 g/mol. The van der Waals surface area contributed by atoms with Crippen molar-refractivity contribution in [2.45, 2.75) is 58.7 Å². The molecule has 1 aliphatic rings. The molecule has 0 radical (unpaired) electrons. The molecule has 1 aliphatic carbocycles. The molecule has 0 aliphatic heterocycles. The van der Waals surface area contributed by atoms with Crippen LogP contribution in [0, 0.1) is 11.3 Å². The van der Waals surface area contributed by atoms with Crippen LogP contribution in [0.3, 0.4) is 0 Å². The van der Waals surface area contributed by atoms with Crippen molar-refractivity contribution in [2.24, 2.45) is 11.3 Å². The summed E-state index contributed by atoms with van der Waals surface area (Å²) < 4.78 is 10.4. The summed E-state index contributed by atoms with van der Waals surface area (Å²) in [6.07, 6.45) is 1.36. The second kappa shape index (κ2) is 6.64. The Hall–Kier alpha value is -1.30. The van der Waals surface area contributed by atoms with E-state index in [1.165, 1.54) is 0 Å². The third-order valence-corrected chi connectivity index (χ3v) is 3.79. The number of carbonyl (C=O) groups excluding carboxylic acids is 1. The molecule has 0 aromatic rings. The van der Waals surface area contributed by atoms with Crippen molar-refractivity contribution in [1.82, 2.24) is 5.32 Å². The number of carboxylic acids is 1. The lowest BCUT2D eigenvalue weighted by Gasteiger charge is -2.32. The third-order valence-electron chi connectivity index (χ3n) is 3.79. The number of rotatable bonds is 7. The van der Waals surface area contributed by atoms with Gasteiger partial charge in [-0.3, -0.25) is 4.79 Å². The maximum absolute atomic E-state index is 11.8. The highest BCUT2D eigenvalue weighted by atomic mass is 16.6. The van der Waals surface area contributed by atoms with Gasteiger partial charge in [0.25, 0.3) is 0 Å². The molecule has 1 saturated carbocycles. The highest BCUT2D eigenvalue weighted by Crippen LogP contribution is 2.48. The molecule has 0 heterocycles. The van der Waals surface area contributed by atoms with Crippen molar-refractivity contribution in [3.8, 4) is 0 Å². The van der Waals surface area contributed by atoms with E-state index in [-0.39, 0.29) is 18.6 Å². The van der Waals surface area contributed by atoms with Crippen molar-refractivity contribution in [1.29, 1.82) is 0 Å². The Morgan fingerprint density at radius 1 is 1.33 bits per heavy atom. The van der Waals surface area contributed by atoms with Gasteiger partial charge >= 0.3 is 12.1 Å². The SMILES string of the molecule is COC(C)CC(CNC(=O)OC(C)(C)C)(C(=O)O)C1CC1. The molecule has 2 atom stereocenters. The summed E-state index contributed by atoms with van der Waals surface area (Å²) in [5, 5.41) is 12.3. The Kier molecular flexibility index (Phi) is 5.61. The van der Waals surface area contributed by atoms with Crippen molar-refractivity contribution in [3.05, 3.63) is 0 Å². The minimum absolute atomic E-state index is 0.0651. The topological polar surface area (TPSA) is 84.9 Å². The lowest BCUT2D eigenvalue weighted by atomic mass is 9.77. The molecule has 1 fully saturated rings. The minimum Gasteiger partial charge on any atom is -0.481 e. The smallest absolute Gasteiger partial charge is 0.407 e. The summed E-state index contributed by atoms with van der Waals surface area (Å²) in [4.78, 5) is 23.6. The maximum atomic E-state index is 11.8. The summed E-state index contributed by atoms with van der Waals surface area (Å²) in [6.45, 7) is 7.21. The van der Waals surface area contributed by atoms with Crippen molar-refractivity contribution in [2.75, 3.05) is 13.7 Å². The zero-order valence-electron chi connectivity index (χ0n) is 13.6. The highest BCUT2D eigenvalue weighted by molar-refractivity contribution is 5.77. The number of ether oxygens (including phenoxy) is 2. The van der Waals surface area contributed by atoms with Crippen LogP contribution in [-0.2, 0) is 14.3 Å². The minimum atomic E-state index is -0.980. The molecule has 0 saturated heterocycles. The number of hydrogen-bond acceptors (Lipinski definition) is 4. The van der Waals surface area contributed by atoms with E-state index in [2.05, 4.69) is 5.32 Å². The lowest BCUT2D eigenvalue weighted by molar-refractivity contribution is -0.152. The van der Waals surface area contributed by atoms with E-state index in [0.29, 0.717) is 6.42 Å². The van der Waals surface area contributed by atoms with Gasteiger partial charge in [-0.25, -0.2) is 4.79 Å². The summed E-state index contributed by atoms with van der Waals surface area (Å²) in [6, 6.07) is 0. The fourth-order valence-corrected chi connectivity index (χ4v) is 2.50. The Labute approximate surface area is 126 Å². The Morgan fingerprint density at radius 2 is 1.90 bits per heavy atom. The average Bonchev–Trinajstić information content (AvgIpc) is 3.16. The Morgan fingerprint density at radius 3 is 2.29 bits per heavy atom. The first-order valence-electron chi connectivity index (χ1n) is 7.34. The van der Waals surface area contributed by atoms with Crippen molar-refractivity contribution < 1.29 is 24.2 Å². The second-order valence-electron chi connectivity index (χ2n) is 6.84. The third kappa shape index (κ3) is 5.19. The molecule has 6 nitrogen and oxygen atoms in total. The van der Waals surface area contributed by atoms with Gasteiger partial charge in [-0.2, -0.15) is 0 Å². The first-order chi connectivity index (χ1) is 9.60. The lowest BCUT2D eigenvalue weighted by Crippen LogP contribution is -2.47. The van der Waals surface area contributed by atoms with Crippen LogP contribution in [-0.4, -0.2) is 42.5 Å². The number of alkyl carbamates (subject to hydrolysis) is 1. The summed E-state index contributed by atoms with van der Waals surface area (Å²) in [5.74, 6) is -0.799. The largest absolute Gasteiger partial charge is 0.481 e. The predicted molar refractivity (Wildman–Crippen MR) is 78.1 cm³/mol. The van der Waals surface area contributed by atoms with Crippen molar-refractivity contribution >= 4 is 12.1 Å². The standard InChI is InChI=1S/C15H27NO5/c1-10(20-5)8-15(12(17)18,11-6-7-11)9-16-13(19)21-14(2,3)4/h10-11H,6-9H2,1-5H3,(H,16,19)(H,17,18). The maximum Gasteiger partial charge on any atom is 0.407 e. The van der Waals surface area contributed by atoms with Crippen LogP contribution in [0.1, 0.15) is 47.0 Å². The van der Waals surface area contributed by atoms with Gasteiger partial charge in [-0.15, -0.1) is 0 Å². The van der Waals surface area contributed by atoms with Crippen LogP contribution < -0.4 is 5.32 Å². The molecule has 6 heteroatoms. The van der Waals surface area contributed by atoms with E-state index in [1.54, 1.807) is 27.9 Å². The van der Waals surface area contributed by atoms with E-state index >= 15 is 0 Å². The molecule has 122 valence electrons. The first kappa shape index (κ1) is 17.8. The van der Waals surface area contributed by atoms with Gasteiger partial charge in [0.05, 0.1) is 11.5 Å². The summed E-state index contributed by atoms with van der Waals surface area (Å²) in [5.41, 5.74) is -1.58. The van der Waals surface area contributed by atoms with Gasteiger partial charge in [-0.1, -0.05) is 0 Å². The summed E-state index contributed by atoms with van der Waals surface area (Å²) >= 11 is 0. The van der Waals surface area contributed by atoms with Gasteiger partial charge < -0.3 is 19.9 Å². The van der Waals surface area contributed by atoms with E-state index in [1.807, 2.05) is 6.92 Å². The number of nitrogens with one attached hydrogen (secondary N) is 1. The number of amides is 1. The van der Waals surface area contributed by atoms with Gasteiger partial charge in [0.15, 0.2) is 0 Å². The number of hydrogen-bond donors (Lipinski definition) is 2. The number of aliphatic carboxylic acids is 1. The van der Waals surface area contributed by atoms with Crippen molar-refractivity contribution in [3.63, 3.8) is 0 Å². The number of carbonyl (C=O) groups is 2. The van der Waals surface area contributed by atoms with Gasteiger partial charge in [0, 0.05) is 13.7 Å². The summed E-state index contributed by atoms with van der Waals surface area (Å²) in [7, 11) is 1.56. The van der Waals surface area contributed by atoms with E-state index in [9.17, 15) is 14.7 Å². The van der Waals surface area contributed by atoms with Crippen LogP contribution in [0.4, 0.5) is 4.79 Å². The van der Waals surface area contributed by atoms with Gasteiger partial charge in [0.2, 0.25) is 0 Å². The zero-order valence-corrected chi connectivity index (χ0v) is 13.6. The van der Waals surface area contributed by atoms with Crippen LogP contribution in [0.25, 0.3) is 0 Å². The monoisotopic (exact) mass is 301 g/mol. The molecule has 21 heavy (non-hydrogen) atoms. The molecule has 2 unspecified atom stereocenters. The molecule has 0 spiro atoms. The Balaban J connectivity index is 2.73. The number of methoxy groups -OCH3 is 1. The van der Waals surface area contributed by atoms with E-state index in [4.69, 9.17) is 9.47 Å². The quantitative estimate of drug-likeness (QED) is 0.754. The fraction of sp³-hybridized carbons (Fsp3) is 0.867. The van der Waals surface area contributed by atoms with Crippen LogP contribution >= 0.6 is 0 Å². The van der Waals surface area contributed by atoms with E-state index in [0.717, 1.165) is 12.8 Å².